The molecule has 0 heterocycles. The van der Waals surface area contributed by atoms with Gasteiger partial charge in [-0.25, -0.2) is 8.42 Å². The van der Waals surface area contributed by atoms with E-state index in [1.54, 1.807) is 22.6 Å². The van der Waals surface area contributed by atoms with Crippen molar-refractivity contribution in [1.82, 2.24) is 0 Å². The molecule has 0 unspecified atom stereocenters. The minimum Gasteiger partial charge on any atom is -0.258 e. The van der Waals surface area contributed by atoms with E-state index in [9.17, 15) is 18.5 Å². The number of hydrogen-bond donors (Lipinski definition) is 0. The first kappa shape index (κ1) is 13.7. The van der Waals surface area contributed by atoms with E-state index in [1.807, 2.05) is 0 Å². The molecule has 8 heteroatoms. The molecule has 0 amide bonds. The molecule has 1 aromatic rings. The van der Waals surface area contributed by atoms with Gasteiger partial charge in [0.25, 0.3) is 5.69 Å². The van der Waals surface area contributed by atoms with E-state index >= 15 is 0 Å². The van der Waals surface area contributed by atoms with Crippen LogP contribution in [0.25, 0.3) is 0 Å². The van der Waals surface area contributed by atoms with Crippen molar-refractivity contribution >= 4 is 49.7 Å². The molecule has 0 aromatic heterocycles. The minimum atomic E-state index is -3.45. The van der Waals surface area contributed by atoms with E-state index in [0.717, 1.165) is 0 Å². The van der Waals surface area contributed by atoms with Crippen molar-refractivity contribution in [2.45, 2.75) is 4.90 Å². The molecule has 0 aliphatic heterocycles. The maximum absolute atomic E-state index is 11.7. The molecule has 0 saturated heterocycles. The number of nitro benzene ring substituents is 1. The number of rotatable bonds is 4. The Hall–Kier alpha value is -0.410. The lowest BCUT2D eigenvalue weighted by atomic mass is 10.3. The lowest BCUT2D eigenvalue weighted by Gasteiger charge is -2.04. The third kappa shape index (κ3) is 3.05. The van der Waals surface area contributed by atoms with Gasteiger partial charge in [-0.2, -0.15) is 0 Å². The van der Waals surface area contributed by atoms with Crippen LogP contribution in [-0.2, 0) is 9.84 Å². The second kappa shape index (κ2) is 5.28. The molecule has 5 nitrogen and oxygen atoms in total. The van der Waals surface area contributed by atoms with Crippen LogP contribution < -0.4 is 0 Å². The van der Waals surface area contributed by atoms with E-state index in [2.05, 4.69) is 0 Å². The SMILES string of the molecule is O=[N+]([O-])c1ccc(S(=O)(=O)CCCl)c(I)c1. The first-order chi connectivity index (χ1) is 7.38. The Labute approximate surface area is 111 Å². The van der Waals surface area contributed by atoms with Gasteiger partial charge in [-0.15, -0.1) is 11.6 Å². The minimum absolute atomic E-state index is 0.00456. The van der Waals surface area contributed by atoms with Gasteiger partial charge in [0.2, 0.25) is 0 Å². The van der Waals surface area contributed by atoms with Crippen LogP contribution >= 0.6 is 34.2 Å². The van der Waals surface area contributed by atoms with E-state index in [1.165, 1.54) is 18.2 Å². The molecule has 0 aliphatic carbocycles. The summed E-state index contributed by atoms with van der Waals surface area (Å²) in [6.45, 7) is 0. The topological polar surface area (TPSA) is 77.3 Å². The fraction of sp³-hybridized carbons (Fsp3) is 0.250. The van der Waals surface area contributed by atoms with Crippen LogP contribution in [0.1, 0.15) is 0 Å². The number of hydrogen-bond acceptors (Lipinski definition) is 4. The maximum atomic E-state index is 11.7. The summed E-state index contributed by atoms with van der Waals surface area (Å²) < 4.78 is 23.7. The number of nitrogens with zero attached hydrogens (tertiary/aromatic N) is 1. The number of alkyl halides is 1. The Morgan fingerprint density at radius 2 is 2.06 bits per heavy atom. The molecule has 0 atom stereocenters. The van der Waals surface area contributed by atoms with Crippen LogP contribution in [0.3, 0.4) is 0 Å². The van der Waals surface area contributed by atoms with Gasteiger partial charge in [0.1, 0.15) is 0 Å². The molecule has 88 valence electrons. The predicted octanol–water partition coefficient (Wildman–Crippen LogP) is 2.21. The maximum Gasteiger partial charge on any atom is 0.270 e. The van der Waals surface area contributed by atoms with Crippen molar-refractivity contribution in [3.8, 4) is 0 Å². The monoisotopic (exact) mass is 375 g/mol. The predicted molar refractivity (Wildman–Crippen MR) is 68.6 cm³/mol. The van der Waals surface area contributed by atoms with Crippen LogP contribution in [0.2, 0.25) is 0 Å². The Morgan fingerprint density at radius 3 is 2.50 bits per heavy atom. The molecule has 0 spiro atoms. The number of nitro groups is 1. The Morgan fingerprint density at radius 1 is 1.44 bits per heavy atom. The van der Waals surface area contributed by atoms with Crippen molar-refractivity contribution in [3.63, 3.8) is 0 Å². The third-order valence-corrected chi connectivity index (χ3v) is 5.25. The van der Waals surface area contributed by atoms with Crippen LogP contribution in [0.15, 0.2) is 23.1 Å². The van der Waals surface area contributed by atoms with E-state index in [0.29, 0.717) is 3.57 Å². The van der Waals surface area contributed by atoms with E-state index < -0.39 is 14.8 Å². The molecular weight excluding hydrogens is 369 g/mol. The Bertz CT molecular complexity index is 517. The lowest BCUT2D eigenvalue weighted by molar-refractivity contribution is -0.385. The van der Waals surface area contributed by atoms with Crippen molar-refractivity contribution < 1.29 is 13.3 Å². The van der Waals surface area contributed by atoms with Crippen molar-refractivity contribution in [2.75, 3.05) is 11.6 Å². The number of non-ortho nitro benzene ring substituents is 1. The van der Waals surface area contributed by atoms with Gasteiger partial charge in [0.15, 0.2) is 9.84 Å². The molecular formula is C8H7ClINO4S. The highest BCUT2D eigenvalue weighted by Crippen LogP contribution is 2.24. The van der Waals surface area contributed by atoms with E-state index in [-0.39, 0.29) is 22.2 Å². The standard InChI is InChI=1S/C8H7ClINO4S/c9-3-4-16(14,15)8-2-1-6(11(12)13)5-7(8)10/h1-2,5H,3-4H2. The average molecular weight is 376 g/mol. The van der Waals surface area contributed by atoms with Crippen molar-refractivity contribution in [1.29, 1.82) is 0 Å². The summed E-state index contributed by atoms with van der Waals surface area (Å²) in [5, 5.41) is 10.5. The summed E-state index contributed by atoms with van der Waals surface area (Å²) in [4.78, 5) is 9.98. The molecule has 1 rings (SSSR count). The van der Waals surface area contributed by atoms with Gasteiger partial charge < -0.3 is 0 Å². The zero-order valence-corrected chi connectivity index (χ0v) is 11.6. The van der Waals surface area contributed by atoms with Gasteiger partial charge >= 0.3 is 0 Å². The normalized spacial score (nSPS) is 11.4. The quantitative estimate of drug-likeness (QED) is 0.350. The summed E-state index contributed by atoms with van der Waals surface area (Å²) in [6.07, 6.45) is 0. The molecule has 0 bridgehead atoms. The van der Waals surface area contributed by atoms with Crippen LogP contribution in [-0.4, -0.2) is 25.0 Å². The summed E-state index contributed by atoms with van der Waals surface area (Å²) in [7, 11) is -3.45. The fourth-order valence-corrected chi connectivity index (χ4v) is 4.24. The Balaban J connectivity index is 3.23. The highest BCUT2D eigenvalue weighted by Gasteiger charge is 2.19. The third-order valence-electron chi connectivity index (χ3n) is 1.81. The summed E-state index contributed by atoms with van der Waals surface area (Å²) in [5.74, 6) is -0.183. The molecule has 16 heavy (non-hydrogen) atoms. The van der Waals surface area contributed by atoms with Gasteiger partial charge in [-0.05, 0) is 28.7 Å². The molecule has 0 aliphatic rings. The molecule has 0 fully saturated rings. The molecule has 0 saturated carbocycles. The number of benzene rings is 1. The first-order valence-corrected chi connectivity index (χ1v) is 7.37. The van der Waals surface area contributed by atoms with Gasteiger partial charge in [-0.1, -0.05) is 0 Å². The second-order valence-electron chi connectivity index (χ2n) is 2.88. The number of halogens is 2. The average Bonchev–Trinajstić information content (AvgIpc) is 2.16. The van der Waals surface area contributed by atoms with Crippen LogP contribution in [0, 0.1) is 13.7 Å². The largest absolute Gasteiger partial charge is 0.270 e. The molecule has 1 aromatic carbocycles. The Kier molecular flexibility index (Phi) is 4.51. The lowest BCUT2D eigenvalue weighted by Crippen LogP contribution is -2.09. The highest BCUT2D eigenvalue weighted by molar-refractivity contribution is 14.1. The van der Waals surface area contributed by atoms with Gasteiger partial charge in [0.05, 0.1) is 15.6 Å². The molecule has 0 N–H and O–H groups in total. The van der Waals surface area contributed by atoms with Crippen LogP contribution in [0.4, 0.5) is 5.69 Å². The van der Waals surface area contributed by atoms with Gasteiger partial charge in [0, 0.05) is 21.6 Å². The summed E-state index contributed by atoms with van der Waals surface area (Å²) >= 11 is 7.14. The van der Waals surface area contributed by atoms with Crippen LogP contribution in [0.5, 0.6) is 0 Å². The fourth-order valence-electron chi connectivity index (χ4n) is 1.07. The summed E-state index contributed by atoms with van der Waals surface area (Å²) in [6, 6.07) is 3.63. The number of sulfone groups is 1. The van der Waals surface area contributed by atoms with Gasteiger partial charge in [-0.3, -0.25) is 10.1 Å². The molecule has 0 radical (unpaired) electrons. The highest BCUT2D eigenvalue weighted by atomic mass is 127. The zero-order valence-electron chi connectivity index (χ0n) is 7.89. The zero-order chi connectivity index (χ0) is 12.3. The van der Waals surface area contributed by atoms with Crippen molar-refractivity contribution in [3.05, 3.63) is 31.9 Å². The summed E-state index contributed by atoms with van der Waals surface area (Å²) in [5.41, 5.74) is -0.130. The first-order valence-electron chi connectivity index (χ1n) is 4.11. The van der Waals surface area contributed by atoms with E-state index in [4.69, 9.17) is 11.6 Å². The van der Waals surface area contributed by atoms with Crippen molar-refractivity contribution in [2.24, 2.45) is 0 Å². The smallest absolute Gasteiger partial charge is 0.258 e. The second-order valence-corrected chi connectivity index (χ2v) is 6.50.